The number of thiocarbonyl (C=S) groups is 1. The molecule has 1 fully saturated rings. The maximum atomic E-state index is 10.8. The molecule has 1 aromatic carbocycles. The highest BCUT2D eigenvalue weighted by atomic mass is 35.5. The number of aryl methyl sites for hydroxylation is 2. The molecule has 1 saturated heterocycles. The summed E-state index contributed by atoms with van der Waals surface area (Å²) in [6, 6.07) is 16.5. The van der Waals surface area contributed by atoms with Gasteiger partial charge in [0, 0.05) is 28.8 Å². The average Bonchev–Trinajstić information content (AvgIpc) is 3.32. The second-order valence-electron chi connectivity index (χ2n) is 8.44. The molecular weight excluding hydrogens is 466 g/mol. The molecule has 0 spiro atoms. The van der Waals surface area contributed by atoms with Crippen molar-refractivity contribution in [1.82, 2.24) is 19.9 Å². The summed E-state index contributed by atoms with van der Waals surface area (Å²) in [5.41, 5.74) is 5.65. The monoisotopic (exact) mass is 489 g/mol. The van der Waals surface area contributed by atoms with Gasteiger partial charge in [0.2, 0.25) is 0 Å². The summed E-state index contributed by atoms with van der Waals surface area (Å²) >= 11 is 12.1. The number of aromatic nitrogens is 3. The third kappa shape index (κ3) is 3.71. The van der Waals surface area contributed by atoms with Gasteiger partial charge in [-0.3, -0.25) is 4.98 Å². The van der Waals surface area contributed by atoms with Crippen molar-refractivity contribution in [3.05, 3.63) is 100 Å². The van der Waals surface area contributed by atoms with Gasteiger partial charge in [-0.15, -0.1) is 0 Å². The van der Waals surface area contributed by atoms with Crippen LogP contribution in [0.2, 0.25) is 5.02 Å². The molecule has 0 radical (unpaired) electrons. The Balaban J connectivity index is 1.72. The topological polar surface area (TPSA) is 66.2 Å². The van der Waals surface area contributed by atoms with Crippen LogP contribution in [0.25, 0.3) is 5.82 Å². The minimum Gasteiger partial charge on any atom is -0.506 e. The lowest BCUT2D eigenvalue weighted by Crippen LogP contribution is -2.29. The van der Waals surface area contributed by atoms with Gasteiger partial charge in [-0.05, 0) is 86.6 Å². The van der Waals surface area contributed by atoms with E-state index in [0.29, 0.717) is 15.8 Å². The highest BCUT2D eigenvalue weighted by Crippen LogP contribution is 2.46. The van der Waals surface area contributed by atoms with Crippen molar-refractivity contribution in [2.75, 3.05) is 4.90 Å². The molecule has 0 saturated carbocycles. The first kappa shape index (κ1) is 22.4. The quantitative estimate of drug-likeness (QED) is 0.357. The first-order valence-electron chi connectivity index (χ1n) is 11.0. The SMILES string of the molecule is Cc1cccnc1-n1c(C)cc([C@@H]2[C@H](c3ccccn3)NC(=S)N2c2cc(Cl)ccc2O)c1C. The summed E-state index contributed by atoms with van der Waals surface area (Å²) in [5.74, 6) is 0.999. The van der Waals surface area contributed by atoms with Crippen LogP contribution in [0.1, 0.15) is 40.3 Å². The van der Waals surface area contributed by atoms with Gasteiger partial charge in [-0.25, -0.2) is 4.98 Å². The Morgan fingerprint density at radius 1 is 1.00 bits per heavy atom. The fourth-order valence-corrected chi connectivity index (χ4v) is 5.25. The molecule has 34 heavy (non-hydrogen) atoms. The van der Waals surface area contributed by atoms with E-state index in [9.17, 15) is 5.11 Å². The largest absolute Gasteiger partial charge is 0.506 e. The highest BCUT2D eigenvalue weighted by molar-refractivity contribution is 7.80. The fraction of sp³-hybridized carbons (Fsp3) is 0.192. The van der Waals surface area contributed by atoms with E-state index in [1.54, 1.807) is 30.6 Å². The lowest BCUT2D eigenvalue weighted by molar-refractivity contribution is 0.472. The number of hydrogen-bond donors (Lipinski definition) is 2. The molecule has 4 aromatic rings. The Morgan fingerprint density at radius 2 is 1.79 bits per heavy atom. The van der Waals surface area contributed by atoms with Crippen molar-refractivity contribution >= 4 is 34.6 Å². The molecule has 6 nitrogen and oxygen atoms in total. The number of nitrogens with one attached hydrogen (secondary N) is 1. The van der Waals surface area contributed by atoms with Crippen molar-refractivity contribution in [2.24, 2.45) is 0 Å². The van der Waals surface area contributed by atoms with Crippen LogP contribution >= 0.6 is 23.8 Å². The minimum atomic E-state index is -0.268. The molecule has 2 N–H and O–H groups in total. The molecule has 5 rings (SSSR count). The van der Waals surface area contributed by atoms with Crippen LogP contribution in [0.3, 0.4) is 0 Å². The van der Waals surface area contributed by atoms with E-state index >= 15 is 0 Å². The van der Waals surface area contributed by atoms with Gasteiger partial charge in [-0.2, -0.15) is 0 Å². The van der Waals surface area contributed by atoms with Crippen molar-refractivity contribution in [1.29, 1.82) is 0 Å². The Labute approximate surface area is 208 Å². The number of phenolic OH excluding ortho intramolecular Hbond substituents is 1. The van der Waals surface area contributed by atoms with E-state index in [-0.39, 0.29) is 17.8 Å². The number of halogens is 1. The van der Waals surface area contributed by atoms with Crippen LogP contribution in [-0.2, 0) is 0 Å². The van der Waals surface area contributed by atoms with Crippen molar-refractivity contribution in [3.8, 4) is 11.6 Å². The number of nitrogens with zero attached hydrogens (tertiary/aromatic N) is 4. The fourth-order valence-electron chi connectivity index (χ4n) is 4.74. The number of anilines is 1. The van der Waals surface area contributed by atoms with Gasteiger partial charge in [0.1, 0.15) is 11.6 Å². The molecule has 172 valence electrons. The number of rotatable bonds is 4. The van der Waals surface area contributed by atoms with E-state index in [4.69, 9.17) is 23.8 Å². The first-order chi connectivity index (χ1) is 16.4. The number of phenols is 1. The Hall–Kier alpha value is -3.42. The van der Waals surface area contributed by atoms with Crippen LogP contribution < -0.4 is 10.2 Å². The van der Waals surface area contributed by atoms with Crippen LogP contribution in [0.15, 0.2) is 67.0 Å². The average molecular weight is 490 g/mol. The maximum absolute atomic E-state index is 10.8. The van der Waals surface area contributed by atoms with Gasteiger partial charge in [0.15, 0.2) is 5.11 Å². The van der Waals surface area contributed by atoms with Crippen LogP contribution in [-0.4, -0.2) is 24.8 Å². The summed E-state index contributed by atoms with van der Waals surface area (Å²) in [6.07, 6.45) is 3.58. The predicted octanol–water partition coefficient (Wildman–Crippen LogP) is 5.73. The van der Waals surface area contributed by atoms with Crippen LogP contribution in [0, 0.1) is 20.8 Å². The van der Waals surface area contributed by atoms with Crippen LogP contribution in [0.4, 0.5) is 5.69 Å². The molecule has 4 heterocycles. The zero-order valence-electron chi connectivity index (χ0n) is 19.0. The third-order valence-electron chi connectivity index (χ3n) is 6.28. The van der Waals surface area contributed by atoms with E-state index in [0.717, 1.165) is 34.0 Å². The normalized spacial score (nSPS) is 17.8. The molecule has 1 aliphatic rings. The second-order valence-corrected chi connectivity index (χ2v) is 9.26. The maximum Gasteiger partial charge on any atom is 0.174 e. The summed E-state index contributed by atoms with van der Waals surface area (Å²) in [4.78, 5) is 11.2. The Bertz CT molecular complexity index is 1390. The molecule has 3 aromatic heterocycles. The summed E-state index contributed by atoms with van der Waals surface area (Å²) in [7, 11) is 0. The molecule has 2 atom stereocenters. The van der Waals surface area contributed by atoms with Gasteiger partial charge < -0.3 is 19.9 Å². The number of benzene rings is 1. The third-order valence-corrected chi connectivity index (χ3v) is 6.83. The Kier molecular flexibility index (Phi) is 5.75. The summed E-state index contributed by atoms with van der Waals surface area (Å²) < 4.78 is 2.16. The lowest BCUT2D eigenvalue weighted by atomic mass is 9.96. The van der Waals surface area contributed by atoms with Crippen molar-refractivity contribution in [2.45, 2.75) is 32.9 Å². The molecular formula is C26H24ClN5OS. The first-order valence-corrected chi connectivity index (χ1v) is 11.8. The van der Waals surface area contributed by atoms with Gasteiger partial charge in [0.25, 0.3) is 0 Å². The molecule has 0 unspecified atom stereocenters. The van der Waals surface area contributed by atoms with E-state index < -0.39 is 0 Å². The number of pyridine rings is 2. The van der Waals surface area contributed by atoms with Gasteiger partial charge in [-0.1, -0.05) is 23.7 Å². The zero-order valence-corrected chi connectivity index (χ0v) is 20.6. The highest BCUT2D eigenvalue weighted by Gasteiger charge is 2.43. The van der Waals surface area contributed by atoms with E-state index in [2.05, 4.69) is 52.8 Å². The van der Waals surface area contributed by atoms with Crippen molar-refractivity contribution < 1.29 is 5.11 Å². The van der Waals surface area contributed by atoms with Crippen molar-refractivity contribution in [3.63, 3.8) is 0 Å². The zero-order chi connectivity index (χ0) is 24.0. The smallest absolute Gasteiger partial charge is 0.174 e. The molecule has 8 heteroatoms. The standard InChI is InChI=1S/C26H24ClN5OS/c1-15-7-6-12-29-25(15)31-16(2)13-19(17(31)3)24-23(20-8-4-5-11-28-20)30-26(34)32(24)21-14-18(27)9-10-22(21)33/h4-14,23-24,33H,1-3H3,(H,30,34)/t23-,24+/m0/s1. The molecule has 0 bridgehead atoms. The molecule has 1 aliphatic heterocycles. The Morgan fingerprint density at radius 3 is 2.53 bits per heavy atom. The predicted molar refractivity (Wildman–Crippen MR) is 139 cm³/mol. The summed E-state index contributed by atoms with van der Waals surface area (Å²) in [6.45, 7) is 6.21. The lowest BCUT2D eigenvalue weighted by Gasteiger charge is -2.28. The van der Waals surface area contributed by atoms with Gasteiger partial charge >= 0.3 is 0 Å². The minimum absolute atomic E-state index is 0.106. The van der Waals surface area contributed by atoms with Gasteiger partial charge in [0.05, 0.1) is 23.5 Å². The second kappa shape index (κ2) is 8.74. The number of aromatic hydroxyl groups is 1. The molecule has 0 amide bonds. The molecule has 0 aliphatic carbocycles. The summed E-state index contributed by atoms with van der Waals surface area (Å²) in [5, 5.41) is 15.2. The van der Waals surface area contributed by atoms with E-state index in [1.165, 1.54) is 0 Å². The van der Waals surface area contributed by atoms with Crippen LogP contribution in [0.5, 0.6) is 5.75 Å². The number of hydrogen-bond acceptors (Lipinski definition) is 4. The van der Waals surface area contributed by atoms with E-state index in [1.807, 2.05) is 29.2 Å².